The van der Waals surface area contributed by atoms with Gasteiger partial charge in [-0.3, -0.25) is 4.90 Å². The van der Waals surface area contributed by atoms with E-state index in [4.69, 9.17) is 16.3 Å². The van der Waals surface area contributed by atoms with E-state index in [0.717, 1.165) is 16.7 Å². The molecule has 0 fully saturated rings. The molecule has 0 saturated heterocycles. The summed E-state index contributed by atoms with van der Waals surface area (Å²) in [6.45, 7) is 3.62. The van der Waals surface area contributed by atoms with Crippen molar-refractivity contribution in [1.29, 1.82) is 0 Å². The Labute approximate surface area is 239 Å². The molecule has 1 N–H and O–H groups in total. The highest BCUT2D eigenvalue weighted by molar-refractivity contribution is 7.91. The lowest BCUT2D eigenvalue weighted by molar-refractivity contribution is 0.0525. The fourth-order valence-electron chi connectivity index (χ4n) is 4.26. The number of aromatic nitrogens is 1. The molecule has 0 aliphatic rings. The molecule has 0 aliphatic heterocycles. The minimum absolute atomic E-state index is 0.116. The topological polar surface area (TPSA) is 96.8 Å². The van der Waals surface area contributed by atoms with Crippen molar-refractivity contribution in [3.63, 3.8) is 0 Å². The normalized spacial score (nSPS) is 12.3. The van der Waals surface area contributed by atoms with Gasteiger partial charge >= 0.3 is 5.97 Å². The van der Waals surface area contributed by atoms with Crippen LogP contribution >= 0.6 is 11.6 Å². The van der Waals surface area contributed by atoms with Crippen molar-refractivity contribution in [1.82, 2.24) is 9.88 Å². The van der Waals surface area contributed by atoms with E-state index < -0.39 is 21.9 Å². The Hall–Kier alpha value is -3.56. The molecule has 7 nitrogen and oxygen atoms in total. The second-order valence-electron chi connectivity index (χ2n) is 9.29. The van der Waals surface area contributed by atoms with Crippen LogP contribution in [0.3, 0.4) is 0 Å². The molecule has 1 unspecified atom stereocenters. The van der Waals surface area contributed by atoms with Crippen LogP contribution in [-0.4, -0.2) is 49.1 Å². The minimum Gasteiger partial charge on any atom is -0.462 e. The fourth-order valence-corrected chi connectivity index (χ4v) is 5.63. The van der Waals surface area contributed by atoms with Gasteiger partial charge in [0, 0.05) is 30.9 Å². The number of hydrogen-bond donors (Lipinski definition) is 1. The number of nitrogens with zero attached hydrogens (tertiary/aromatic N) is 2. The Balaban J connectivity index is 1.44. The molecule has 208 valence electrons. The lowest BCUT2D eigenvalue weighted by Gasteiger charge is -2.25. The maximum Gasteiger partial charge on any atom is 0.339 e. The Morgan fingerprint density at radius 1 is 0.975 bits per heavy atom. The molecule has 0 amide bonds. The third-order valence-corrected chi connectivity index (χ3v) is 8.31. The van der Waals surface area contributed by atoms with E-state index in [0.29, 0.717) is 31.1 Å². The summed E-state index contributed by atoms with van der Waals surface area (Å²) >= 11 is 6.12. The molecular weight excluding hydrogens is 548 g/mol. The van der Waals surface area contributed by atoms with Gasteiger partial charge in [0.25, 0.3) is 0 Å². The first-order valence-electron chi connectivity index (χ1n) is 12.9. The average Bonchev–Trinajstić information content (AvgIpc) is 2.97. The van der Waals surface area contributed by atoms with Crippen LogP contribution in [-0.2, 0) is 27.5 Å². The summed E-state index contributed by atoms with van der Waals surface area (Å²) in [6.07, 6.45) is 1.15. The zero-order valence-corrected chi connectivity index (χ0v) is 23.7. The number of aliphatic hydroxyl groups is 1. The maximum absolute atomic E-state index is 13.1. The van der Waals surface area contributed by atoms with Gasteiger partial charge in [0.15, 0.2) is 5.03 Å². The molecule has 4 aromatic rings. The quantitative estimate of drug-likeness (QED) is 0.221. The van der Waals surface area contributed by atoms with Crippen molar-refractivity contribution in [2.24, 2.45) is 0 Å². The summed E-state index contributed by atoms with van der Waals surface area (Å²) in [4.78, 5) is 18.1. The van der Waals surface area contributed by atoms with Gasteiger partial charge in [0.05, 0.1) is 23.2 Å². The average molecular weight is 579 g/mol. The zero-order chi connectivity index (χ0) is 28.5. The van der Waals surface area contributed by atoms with Crippen LogP contribution in [0.25, 0.3) is 0 Å². The zero-order valence-electron chi connectivity index (χ0n) is 22.1. The van der Waals surface area contributed by atoms with Gasteiger partial charge in [0.1, 0.15) is 0 Å². The number of pyridine rings is 1. The fraction of sp³-hybridized carbons (Fsp3) is 0.226. The molecular formula is C31H31ClN2O5S. The standard InChI is InChI=1S/C31H31ClN2O5S/c1-2-39-31(36)26-13-16-30(33-20-26)40(37,38)28-14-11-23(12-15-28)17-18-34(21-24-7-4-3-5-8-24)22-29(35)25-9-6-10-27(32)19-25/h3-16,19-20,29,35H,2,17-18,21-22H2,1H3. The molecule has 4 rings (SSSR count). The summed E-state index contributed by atoms with van der Waals surface area (Å²) in [7, 11) is -3.85. The molecule has 0 radical (unpaired) electrons. The lowest BCUT2D eigenvalue weighted by Crippen LogP contribution is -2.30. The number of rotatable bonds is 12. The third-order valence-electron chi connectivity index (χ3n) is 6.39. The van der Waals surface area contributed by atoms with Gasteiger partial charge in [0.2, 0.25) is 9.84 Å². The number of hydrogen-bond acceptors (Lipinski definition) is 7. The molecule has 0 bridgehead atoms. The predicted octanol–water partition coefficient (Wildman–Crippen LogP) is 5.52. The van der Waals surface area contributed by atoms with Crippen LogP contribution in [0.4, 0.5) is 0 Å². The third kappa shape index (κ3) is 7.76. The van der Waals surface area contributed by atoms with Crippen LogP contribution in [0.2, 0.25) is 5.02 Å². The Bertz CT molecular complexity index is 1510. The number of aliphatic hydroxyl groups excluding tert-OH is 1. The van der Waals surface area contributed by atoms with Crippen LogP contribution in [0.5, 0.6) is 0 Å². The first-order chi connectivity index (χ1) is 19.3. The summed E-state index contributed by atoms with van der Waals surface area (Å²) in [5.74, 6) is -0.551. The van der Waals surface area contributed by atoms with Gasteiger partial charge in [-0.15, -0.1) is 0 Å². The molecule has 1 aromatic heterocycles. The number of halogens is 1. The second kappa shape index (κ2) is 13.7. The van der Waals surface area contributed by atoms with E-state index in [9.17, 15) is 18.3 Å². The Morgan fingerprint density at radius 3 is 2.38 bits per heavy atom. The highest BCUT2D eigenvalue weighted by atomic mass is 35.5. The number of benzene rings is 3. The van der Waals surface area contributed by atoms with Gasteiger partial charge in [-0.2, -0.15) is 0 Å². The number of carbonyl (C=O) groups excluding carboxylic acids is 1. The van der Waals surface area contributed by atoms with Gasteiger partial charge in [-0.05, 0) is 66.4 Å². The minimum atomic E-state index is -3.85. The van der Waals surface area contributed by atoms with Crippen LogP contribution in [0.1, 0.15) is 40.1 Å². The molecule has 9 heteroatoms. The van der Waals surface area contributed by atoms with Crippen molar-refractivity contribution in [3.05, 3.63) is 124 Å². The second-order valence-corrected chi connectivity index (χ2v) is 11.6. The van der Waals surface area contributed by atoms with Gasteiger partial charge in [-0.1, -0.05) is 66.2 Å². The molecule has 0 spiro atoms. The van der Waals surface area contributed by atoms with Crippen molar-refractivity contribution < 1.29 is 23.1 Å². The Kier molecular flexibility index (Phi) is 10.1. The number of carbonyl (C=O) groups is 1. The van der Waals surface area contributed by atoms with E-state index >= 15 is 0 Å². The number of ether oxygens (including phenoxy) is 1. The van der Waals surface area contributed by atoms with Gasteiger partial charge < -0.3 is 9.84 Å². The largest absolute Gasteiger partial charge is 0.462 e. The van der Waals surface area contributed by atoms with E-state index in [2.05, 4.69) is 9.88 Å². The maximum atomic E-state index is 13.1. The number of esters is 1. The summed E-state index contributed by atoms with van der Waals surface area (Å²) in [5.41, 5.74) is 3.03. The lowest BCUT2D eigenvalue weighted by atomic mass is 10.1. The van der Waals surface area contributed by atoms with Crippen LogP contribution in [0, 0.1) is 0 Å². The smallest absolute Gasteiger partial charge is 0.339 e. The predicted molar refractivity (Wildman–Crippen MR) is 154 cm³/mol. The van der Waals surface area contributed by atoms with Crippen LogP contribution in [0.15, 0.2) is 107 Å². The van der Waals surface area contributed by atoms with Gasteiger partial charge in [-0.25, -0.2) is 18.2 Å². The van der Waals surface area contributed by atoms with E-state index in [-0.39, 0.29) is 22.1 Å². The molecule has 0 aliphatic carbocycles. The molecule has 3 aromatic carbocycles. The highest BCUT2D eigenvalue weighted by Crippen LogP contribution is 2.22. The van der Waals surface area contributed by atoms with E-state index in [1.165, 1.54) is 18.3 Å². The monoisotopic (exact) mass is 578 g/mol. The molecule has 40 heavy (non-hydrogen) atoms. The Morgan fingerprint density at radius 2 is 1.73 bits per heavy atom. The molecule has 1 heterocycles. The summed E-state index contributed by atoms with van der Waals surface area (Å²) in [6, 6.07) is 26.7. The van der Waals surface area contributed by atoms with E-state index in [1.807, 2.05) is 42.5 Å². The van der Waals surface area contributed by atoms with E-state index in [1.54, 1.807) is 43.3 Å². The molecule has 1 atom stereocenters. The SMILES string of the molecule is CCOC(=O)c1ccc(S(=O)(=O)c2ccc(CCN(Cc3ccccc3)CC(O)c3cccc(Cl)c3)cc2)nc1. The first kappa shape index (κ1) is 29.4. The summed E-state index contributed by atoms with van der Waals surface area (Å²) in [5, 5.41) is 11.3. The summed E-state index contributed by atoms with van der Waals surface area (Å²) < 4.78 is 31.1. The van der Waals surface area contributed by atoms with Crippen molar-refractivity contribution in [2.45, 2.75) is 35.9 Å². The first-order valence-corrected chi connectivity index (χ1v) is 14.8. The van der Waals surface area contributed by atoms with Crippen LogP contribution < -0.4 is 0 Å². The number of sulfone groups is 1. The van der Waals surface area contributed by atoms with Crippen molar-refractivity contribution >= 4 is 27.4 Å². The van der Waals surface area contributed by atoms with Crippen molar-refractivity contribution in [2.75, 3.05) is 19.7 Å². The highest BCUT2D eigenvalue weighted by Gasteiger charge is 2.20. The molecule has 0 saturated carbocycles. The van der Waals surface area contributed by atoms with Crippen molar-refractivity contribution in [3.8, 4) is 0 Å².